The van der Waals surface area contributed by atoms with Crippen LogP contribution in [0.2, 0.25) is 0 Å². The number of anilines is 1. The van der Waals surface area contributed by atoms with Crippen molar-refractivity contribution in [1.82, 2.24) is 10.1 Å². The molecule has 0 spiro atoms. The van der Waals surface area contributed by atoms with E-state index in [1.54, 1.807) is 32.4 Å². The summed E-state index contributed by atoms with van der Waals surface area (Å²) in [5, 5.41) is 7.07. The molecule has 1 aromatic heterocycles. The molecule has 25 heavy (non-hydrogen) atoms. The number of ether oxygens (including phenoxy) is 2. The molecule has 0 atom stereocenters. The van der Waals surface area contributed by atoms with Crippen LogP contribution in [0, 0.1) is 12.7 Å². The number of aryl methyl sites for hydroxylation is 1. The van der Waals surface area contributed by atoms with Gasteiger partial charge < -0.3 is 19.3 Å². The number of hydrogen-bond donors (Lipinski definition) is 1. The van der Waals surface area contributed by atoms with Gasteiger partial charge in [0, 0.05) is 11.3 Å². The van der Waals surface area contributed by atoms with Crippen LogP contribution in [0.4, 0.5) is 10.1 Å². The first kappa shape index (κ1) is 16.8. The summed E-state index contributed by atoms with van der Waals surface area (Å²) < 4.78 is 29.1. The highest BCUT2D eigenvalue weighted by Gasteiger charge is 2.12. The van der Waals surface area contributed by atoms with Crippen molar-refractivity contribution in [3.8, 4) is 22.9 Å². The van der Waals surface area contributed by atoms with Crippen LogP contribution in [0.5, 0.6) is 11.5 Å². The summed E-state index contributed by atoms with van der Waals surface area (Å²) in [7, 11) is 3.14. The van der Waals surface area contributed by atoms with E-state index in [-0.39, 0.29) is 5.82 Å². The summed E-state index contributed by atoms with van der Waals surface area (Å²) in [6.07, 6.45) is 0. The maximum atomic E-state index is 13.3. The van der Waals surface area contributed by atoms with Gasteiger partial charge in [-0.3, -0.25) is 0 Å². The molecule has 0 radical (unpaired) electrons. The number of nitrogens with one attached hydrogen (secondary N) is 1. The molecule has 6 nitrogen and oxygen atoms in total. The first-order valence-electron chi connectivity index (χ1n) is 7.65. The Morgan fingerprint density at radius 1 is 1.08 bits per heavy atom. The minimum Gasteiger partial charge on any atom is -0.493 e. The summed E-state index contributed by atoms with van der Waals surface area (Å²) in [4.78, 5) is 4.35. The lowest BCUT2D eigenvalue weighted by molar-refractivity contribution is 0.355. The third-order valence-electron chi connectivity index (χ3n) is 3.74. The third-order valence-corrected chi connectivity index (χ3v) is 3.74. The molecule has 0 aliphatic heterocycles. The molecular weight excluding hydrogens is 325 g/mol. The van der Waals surface area contributed by atoms with Crippen molar-refractivity contribution < 1.29 is 18.4 Å². The standard InChI is InChI=1S/C18H18FN3O3/c1-11-4-6-13(19)9-14(11)20-10-17-21-18(22-25-17)12-5-7-15(23-2)16(8-12)24-3/h4-9,20H,10H2,1-3H3. The summed E-state index contributed by atoms with van der Waals surface area (Å²) in [6.45, 7) is 2.19. The van der Waals surface area contributed by atoms with Crippen molar-refractivity contribution in [2.45, 2.75) is 13.5 Å². The van der Waals surface area contributed by atoms with Gasteiger partial charge in [0.15, 0.2) is 11.5 Å². The molecule has 0 saturated carbocycles. The molecule has 0 amide bonds. The SMILES string of the molecule is COc1ccc(-c2noc(CNc3cc(F)ccc3C)n2)cc1OC. The lowest BCUT2D eigenvalue weighted by atomic mass is 10.2. The summed E-state index contributed by atoms with van der Waals surface area (Å²) in [5.74, 6) is 1.74. The molecule has 0 unspecified atom stereocenters. The van der Waals surface area contributed by atoms with Crippen LogP contribution in [0.3, 0.4) is 0 Å². The Morgan fingerprint density at radius 2 is 1.88 bits per heavy atom. The maximum Gasteiger partial charge on any atom is 0.246 e. The third kappa shape index (κ3) is 3.71. The predicted molar refractivity (Wildman–Crippen MR) is 91.3 cm³/mol. The molecule has 0 bridgehead atoms. The van der Waals surface area contributed by atoms with Gasteiger partial charge in [-0.25, -0.2) is 4.39 Å². The molecule has 3 aromatic rings. The minimum absolute atomic E-state index is 0.296. The average Bonchev–Trinajstić information content (AvgIpc) is 3.11. The second kappa shape index (κ2) is 7.21. The lowest BCUT2D eigenvalue weighted by Gasteiger charge is -2.07. The van der Waals surface area contributed by atoms with Crippen molar-refractivity contribution >= 4 is 5.69 Å². The van der Waals surface area contributed by atoms with E-state index < -0.39 is 0 Å². The maximum absolute atomic E-state index is 13.3. The molecule has 0 aliphatic carbocycles. The van der Waals surface area contributed by atoms with Crippen LogP contribution in [0.25, 0.3) is 11.4 Å². The molecule has 130 valence electrons. The topological polar surface area (TPSA) is 69.4 Å². The Balaban J connectivity index is 1.75. The first-order valence-corrected chi connectivity index (χ1v) is 7.65. The monoisotopic (exact) mass is 343 g/mol. The van der Waals surface area contributed by atoms with Crippen LogP contribution in [0.15, 0.2) is 40.9 Å². The Morgan fingerprint density at radius 3 is 2.64 bits per heavy atom. The van der Waals surface area contributed by atoms with Gasteiger partial charge in [-0.05, 0) is 42.8 Å². The van der Waals surface area contributed by atoms with Crippen molar-refractivity contribution in [1.29, 1.82) is 0 Å². The number of rotatable bonds is 6. The Kier molecular flexibility index (Phi) is 4.83. The van der Waals surface area contributed by atoms with E-state index in [4.69, 9.17) is 14.0 Å². The number of halogens is 1. The van der Waals surface area contributed by atoms with E-state index in [1.807, 2.05) is 13.0 Å². The van der Waals surface area contributed by atoms with Crippen molar-refractivity contribution in [2.75, 3.05) is 19.5 Å². The Hall–Kier alpha value is -3.09. The normalized spacial score (nSPS) is 10.6. The van der Waals surface area contributed by atoms with Crippen LogP contribution in [-0.4, -0.2) is 24.4 Å². The van der Waals surface area contributed by atoms with Gasteiger partial charge in [-0.1, -0.05) is 11.2 Å². The molecule has 1 N–H and O–H groups in total. The van der Waals surface area contributed by atoms with Crippen LogP contribution in [-0.2, 0) is 6.54 Å². The second-order valence-corrected chi connectivity index (χ2v) is 5.39. The fourth-order valence-corrected chi connectivity index (χ4v) is 2.37. The first-order chi connectivity index (χ1) is 12.1. The largest absolute Gasteiger partial charge is 0.493 e. The number of nitrogens with zero attached hydrogens (tertiary/aromatic N) is 2. The number of benzene rings is 2. The quantitative estimate of drug-likeness (QED) is 0.734. The zero-order chi connectivity index (χ0) is 17.8. The number of methoxy groups -OCH3 is 2. The van der Waals surface area contributed by atoms with Crippen LogP contribution >= 0.6 is 0 Å². The van der Waals surface area contributed by atoms with E-state index in [2.05, 4.69) is 15.5 Å². The Bertz CT molecular complexity index is 880. The summed E-state index contributed by atoms with van der Waals surface area (Å²) in [5.41, 5.74) is 2.36. The van der Waals surface area contributed by atoms with Gasteiger partial charge in [0.25, 0.3) is 0 Å². The molecule has 2 aromatic carbocycles. The second-order valence-electron chi connectivity index (χ2n) is 5.39. The minimum atomic E-state index is -0.301. The van der Waals surface area contributed by atoms with Gasteiger partial charge in [0.2, 0.25) is 11.7 Å². The molecule has 3 rings (SSSR count). The summed E-state index contributed by atoms with van der Waals surface area (Å²) in [6, 6.07) is 9.93. The molecule has 1 heterocycles. The van der Waals surface area contributed by atoms with Crippen LogP contribution < -0.4 is 14.8 Å². The predicted octanol–water partition coefficient (Wildman–Crippen LogP) is 3.81. The van der Waals surface area contributed by atoms with Crippen molar-refractivity contribution in [3.63, 3.8) is 0 Å². The van der Waals surface area contributed by atoms with Gasteiger partial charge in [-0.2, -0.15) is 4.98 Å². The van der Waals surface area contributed by atoms with Crippen LogP contribution in [0.1, 0.15) is 11.5 Å². The molecule has 7 heteroatoms. The smallest absolute Gasteiger partial charge is 0.246 e. The fraction of sp³-hybridized carbons (Fsp3) is 0.222. The van der Waals surface area contributed by atoms with Gasteiger partial charge in [0.05, 0.1) is 20.8 Å². The van der Waals surface area contributed by atoms with E-state index in [0.29, 0.717) is 35.4 Å². The lowest BCUT2D eigenvalue weighted by Crippen LogP contribution is -2.01. The van der Waals surface area contributed by atoms with E-state index in [0.717, 1.165) is 11.1 Å². The zero-order valence-corrected chi connectivity index (χ0v) is 14.2. The van der Waals surface area contributed by atoms with E-state index >= 15 is 0 Å². The van der Waals surface area contributed by atoms with Gasteiger partial charge in [0.1, 0.15) is 5.82 Å². The Labute approximate surface area is 144 Å². The number of aromatic nitrogens is 2. The molecule has 0 fully saturated rings. The average molecular weight is 343 g/mol. The highest BCUT2D eigenvalue weighted by Crippen LogP contribution is 2.31. The van der Waals surface area contributed by atoms with Gasteiger partial charge in [-0.15, -0.1) is 0 Å². The highest BCUT2D eigenvalue weighted by atomic mass is 19.1. The van der Waals surface area contributed by atoms with E-state index in [9.17, 15) is 4.39 Å². The van der Waals surface area contributed by atoms with Crippen molar-refractivity contribution in [3.05, 3.63) is 53.7 Å². The number of hydrogen-bond acceptors (Lipinski definition) is 6. The molecular formula is C18H18FN3O3. The fourth-order valence-electron chi connectivity index (χ4n) is 2.37. The molecule has 0 aliphatic rings. The van der Waals surface area contributed by atoms with Gasteiger partial charge >= 0.3 is 0 Å². The molecule has 0 saturated heterocycles. The zero-order valence-electron chi connectivity index (χ0n) is 14.2. The highest BCUT2D eigenvalue weighted by molar-refractivity contribution is 5.60. The summed E-state index contributed by atoms with van der Waals surface area (Å²) >= 11 is 0. The van der Waals surface area contributed by atoms with E-state index in [1.165, 1.54) is 12.1 Å². The van der Waals surface area contributed by atoms with Crippen molar-refractivity contribution in [2.24, 2.45) is 0 Å².